The highest BCUT2D eigenvalue weighted by Gasteiger charge is 2.36. The van der Waals surface area contributed by atoms with Crippen LogP contribution in [0.15, 0.2) is 30.3 Å². The Balaban J connectivity index is 1.66. The third kappa shape index (κ3) is 4.72. The second-order valence-electron chi connectivity index (χ2n) is 7.02. The number of carbonyl (C=O) groups excluding carboxylic acids is 1. The fraction of sp³-hybridized carbons (Fsp3) is 0.400. The lowest BCUT2D eigenvalue weighted by Gasteiger charge is -2.14. The second-order valence-corrected chi connectivity index (χ2v) is 7.02. The van der Waals surface area contributed by atoms with Gasteiger partial charge in [-0.15, -0.1) is 5.10 Å². The van der Waals surface area contributed by atoms with Crippen molar-refractivity contribution in [2.45, 2.75) is 45.7 Å². The number of carbonyl (C=O) groups is 1. The summed E-state index contributed by atoms with van der Waals surface area (Å²) >= 11 is 0. The van der Waals surface area contributed by atoms with Crippen molar-refractivity contribution in [3.8, 4) is 0 Å². The molecule has 0 aliphatic rings. The molecule has 1 atom stereocenters. The maximum Gasteiger partial charge on any atom is 0.453 e. The smallest absolute Gasteiger partial charge is 0.355 e. The summed E-state index contributed by atoms with van der Waals surface area (Å²) in [4.78, 5) is 19.8. The van der Waals surface area contributed by atoms with Gasteiger partial charge in [0.05, 0.1) is 0 Å². The zero-order valence-corrected chi connectivity index (χ0v) is 16.4. The Morgan fingerprint density at radius 1 is 1.17 bits per heavy atom. The average molecular weight is 405 g/mol. The van der Waals surface area contributed by atoms with Crippen LogP contribution >= 0.6 is 0 Å². The normalized spacial score (nSPS) is 12.9. The van der Waals surface area contributed by atoms with Crippen LogP contribution in [0.2, 0.25) is 0 Å². The fourth-order valence-electron chi connectivity index (χ4n) is 3.18. The predicted octanol–water partition coefficient (Wildman–Crippen LogP) is 3.61. The number of halogens is 3. The number of rotatable bonds is 6. The number of amides is 1. The summed E-state index contributed by atoms with van der Waals surface area (Å²) in [5, 5.41) is 6.43. The molecule has 1 N–H and O–H groups in total. The van der Waals surface area contributed by atoms with Crippen molar-refractivity contribution in [1.82, 2.24) is 24.9 Å². The molecular formula is C20H22F3N5O. The third-order valence-corrected chi connectivity index (χ3v) is 4.88. The monoisotopic (exact) mass is 405 g/mol. The van der Waals surface area contributed by atoms with E-state index in [1.165, 1.54) is 0 Å². The molecule has 6 nitrogen and oxygen atoms in total. The topological polar surface area (TPSA) is 72.2 Å². The summed E-state index contributed by atoms with van der Waals surface area (Å²) < 4.78 is 39.7. The average Bonchev–Trinajstić information content (AvgIpc) is 3.11. The van der Waals surface area contributed by atoms with Gasteiger partial charge in [-0.2, -0.15) is 18.2 Å². The zero-order chi connectivity index (χ0) is 21.2. The lowest BCUT2D eigenvalue weighted by atomic mass is 10.0. The molecule has 3 aromatic rings. The number of aryl methyl sites for hydroxylation is 2. The SMILES string of the molecule is Cc1nc2nc(C(F)(F)F)nn2c(C)c1CCC(=O)NC[C@@H](C)c1ccccc1. The number of alkyl halides is 3. The zero-order valence-electron chi connectivity index (χ0n) is 16.4. The summed E-state index contributed by atoms with van der Waals surface area (Å²) in [5.74, 6) is -1.27. The van der Waals surface area contributed by atoms with Crippen molar-refractivity contribution < 1.29 is 18.0 Å². The van der Waals surface area contributed by atoms with E-state index in [-0.39, 0.29) is 24.0 Å². The van der Waals surface area contributed by atoms with E-state index in [0.29, 0.717) is 29.9 Å². The van der Waals surface area contributed by atoms with Gasteiger partial charge in [0.1, 0.15) is 0 Å². The van der Waals surface area contributed by atoms with E-state index in [1.54, 1.807) is 13.8 Å². The van der Waals surface area contributed by atoms with Gasteiger partial charge in [-0.05, 0) is 37.3 Å². The largest absolute Gasteiger partial charge is 0.453 e. The van der Waals surface area contributed by atoms with E-state index in [4.69, 9.17) is 0 Å². The molecule has 0 aliphatic carbocycles. The van der Waals surface area contributed by atoms with Crippen molar-refractivity contribution in [2.24, 2.45) is 0 Å². The molecule has 0 unspecified atom stereocenters. The van der Waals surface area contributed by atoms with Crippen LogP contribution in [-0.4, -0.2) is 32.0 Å². The molecule has 0 bridgehead atoms. The number of nitrogens with one attached hydrogen (secondary N) is 1. The van der Waals surface area contributed by atoms with Crippen LogP contribution in [0.3, 0.4) is 0 Å². The number of benzene rings is 1. The molecule has 0 fully saturated rings. The molecule has 29 heavy (non-hydrogen) atoms. The van der Waals surface area contributed by atoms with E-state index in [0.717, 1.165) is 10.1 Å². The van der Waals surface area contributed by atoms with E-state index in [1.807, 2.05) is 37.3 Å². The number of fused-ring (bicyclic) bond motifs is 1. The van der Waals surface area contributed by atoms with Gasteiger partial charge < -0.3 is 5.32 Å². The molecule has 1 amide bonds. The second kappa shape index (κ2) is 8.18. The van der Waals surface area contributed by atoms with Crippen molar-refractivity contribution in [3.63, 3.8) is 0 Å². The van der Waals surface area contributed by atoms with Crippen molar-refractivity contribution in [2.75, 3.05) is 6.54 Å². The van der Waals surface area contributed by atoms with Gasteiger partial charge in [0.2, 0.25) is 5.91 Å². The van der Waals surface area contributed by atoms with Crippen LogP contribution in [0.4, 0.5) is 13.2 Å². The number of aromatic nitrogens is 4. The minimum absolute atomic E-state index is 0.0998. The molecule has 2 heterocycles. The van der Waals surface area contributed by atoms with Crippen molar-refractivity contribution in [1.29, 1.82) is 0 Å². The van der Waals surface area contributed by atoms with E-state index in [9.17, 15) is 18.0 Å². The quantitative estimate of drug-likeness (QED) is 0.680. The maximum absolute atomic E-state index is 12.9. The van der Waals surface area contributed by atoms with Gasteiger partial charge in [-0.25, -0.2) is 9.50 Å². The van der Waals surface area contributed by atoms with Crippen LogP contribution in [0, 0.1) is 13.8 Å². The van der Waals surface area contributed by atoms with Gasteiger partial charge in [0, 0.05) is 24.4 Å². The van der Waals surface area contributed by atoms with Gasteiger partial charge in [-0.1, -0.05) is 37.3 Å². The molecule has 0 spiro atoms. The van der Waals surface area contributed by atoms with E-state index < -0.39 is 12.0 Å². The summed E-state index contributed by atoms with van der Waals surface area (Å²) in [6.07, 6.45) is -4.08. The maximum atomic E-state index is 12.9. The van der Waals surface area contributed by atoms with Crippen molar-refractivity contribution in [3.05, 3.63) is 58.7 Å². The predicted molar refractivity (Wildman–Crippen MR) is 101 cm³/mol. The lowest BCUT2D eigenvalue weighted by molar-refractivity contribution is -0.144. The van der Waals surface area contributed by atoms with Gasteiger partial charge >= 0.3 is 6.18 Å². The van der Waals surface area contributed by atoms with Crippen molar-refractivity contribution >= 4 is 11.7 Å². The van der Waals surface area contributed by atoms with Crippen LogP contribution < -0.4 is 5.32 Å². The van der Waals surface area contributed by atoms with Crippen LogP contribution in [0.1, 0.15) is 47.6 Å². The third-order valence-electron chi connectivity index (χ3n) is 4.88. The van der Waals surface area contributed by atoms with Crippen LogP contribution in [-0.2, 0) is 17.4 Å². The lowest BCUT2D eigenvalue weighted by Crippen LogP contribution is -2.27. The summed E-state index contributed by atoms with van der Waals surface area (Å²) in [6, 6.07) is 9.88. The number of nitrogens with zero attached hydrogens (tertiary/aromatic N) is 4. The number of hydrogen-bond donors (Lipinski definition) is 1. The Hall–Kier alpha value is -2.97. The molecule has 0 saturated carbocycles. The Morgan fingerprint density at radius 2 is 1.86 bits per heavy atom. The molecule has 3 rings (SSSR count). The van der Waals surface area contributed by atoms with E-state index in [2.05, 4.69) is 20.4 Å². The molecule has 154 valence electrons. The summed E-state index contributed by atoms with van der Waals surface area (Å²) in [5.41, 5.74) is 2.88. The first kappa shape index (κ1) is 20.8. The van der Waals surface area contributed by atoms with Crippen LogP contribution in [0.5, 0.6) is 0 Å². The Kier molecular flexibility index (Phi) is 5.86. The minimum atomic E-state index is -4.64. The van der Waals surface area contributed by atoms with Crippen LogP contribution in [0.25, 0.3) is 5.78 Å². The Labute approximate surface area is 166 Å². The standard InChI is InChI=1S/C20H22F3N5O/c1-12(15-7-5-4-6-8-15)11-24-17(29)10-9-16-13(2)25-19-26-18(20(21,22)23)27-28(19)14(16)3/h4-8,12H,9-11H2,1-3H3,(H,24,29)/t12-/m1/s1. The van der Waals surface area contributed by atoms with Gasteiger partial charge in [0.25, 0.3) is 11.6 Å². The first-order valence-corrected chi connectivity index (χ1v) is 9.28. The summed E-state index contributed by atoms with van der Waals surface area (Å²) in [7, 11) is 0. The Morgan fingerprint density at radius 3 is 2.52 bits per heavy atom. The highest BCUT2D eigenvalue weighted by atomic mass is 19.4. The molecule has 2 aromatic heterocycles. The minimum Gasteiger partial charge on any atom is -0.355 e. The molecular weight excluding hydrogens is 383 g/mol. The fourth-order valence-corrected chi connectivity index (χ4v) is 3.18. The highest BCUT2D eigenvalue weighted by Crippen LogP contribution is 2.27. The molecule has 0 radical (unpaired) electrons. The number of hydrogen-bond acceptors (Lipinski definition) is 4. The first-order chi connectivity index (χ1) is 13.7. The molecule has 9 heteroatoms. The summed E-state index contributed by atoms with van der Waals surface area (Å²) in [6.45, 7) is 5.89. The first-order valence-electron chi connectivity index (χ1n) is 9.28. The molecule has 1 aromatic carbocycles. The molecule has 0 aliphatic heterocycles. The highest BCUT2D eigenvalue weighted by molar-refractivity contribution is 5.76. The molecule has 0 saturated heterocycles. The van der Waals surface area contributed by atoms with Gasteiger partial charge in [-0.3, -0.25) is 4.79 Å². The van der Waals surface area contributed by atoms with Gasteiger partial charge in [0.15, 0.2) is 0 Å². The van der Waals surface area contributed by atoms with E-state index >= 15 is 0 Å². The Bertz CT molecular complexity index is 1010.